The molecule has 4 rings (SSSR count). The molecule has 0 saturated carbocycles. The third-order valence-corrected chi connectivity index (χ3v) is 6.24. The third kappa shape index (κ3) is 4.46. The van der Waals surface area contributed by atoms with Crippen LogP contribution >= 0.6 is 0 Å². The minimum absolute atomic E-state index is 0.382. The molecule has 0 unspecified atom stereocenters. The van der Waals surface area contributed by atoms with Gasteiger partial charge in [-0.25, -0.2) is 4.39 Å². The van der Waals surface area contributed by atoms with Gasteiger partial charge in [0.25, 0.3) is 5.91 Å². The first kappa shape index (κ1) is 23.7. The molecule has 0 atom stereocenters. The molecule has 1 fully saturated rings. The van der Waals surface area contributed by atoms with Crippen LogP contribution < -0.4 is 10.2 Å². The Morgan fingerprint density at radius 2 is 1.79 bits per heavy atom. The highest BCUT2D eigenvalue weighted by atomic mass is 19.4. The molecule has 0 radical (unpaired) electrons. The Balaban J connectivity index is 1.45. The van der Waals surface area contributed by atoms with Gasteiger partial charge in [0.05, 0.1) is 16.8 Å². The number of nitrogens with zero attached hydrogens (tertiary/aromatic N) is 5. The molecule has 1 aliphatic rings. The molecule has 1 aromatic carbocycles. The number of hydrogen-bond acceptors (Lipinski definition) is 5. The van der Waals surface area contributed by atoms with Crippen LogP contribution in [0.2, 0.25) is 0 Å². The van der Waals surface area contributed by atoms with E-state index in [1.54, 1.807) is 10.9 Å². The number of benzene rings is 1. The van der Waals surface area contributed by atoms with E-state index in [0.29, 0.717) is 32.0 Å². The fourth-order valence-electron chi connectivity index (χ4n) is 4.23. The summed E-state index contributed by atoms with van der Waals surface area (Å²) in [6.07, 6.45) is -2.18. The number of carbonyl (C=O) groups is 1. The zero-order chi connectivity index (χ0) is 24.6. The smallest absolute Gasteiger partial charge is 0.355 e. The van der Waals surface area contributed by atoms with Gasteiger partial charge in [0.15, 0.2) is 5.82 Å². The first-order valence-electron chi connectivity index (χ1n) is 10.8. The third-order valence-electron chi connectivity index (χ3n) is 6.24. The fraction of sp³-hybridized carbons (Fsp3) is 0.391. The van der Waals surface area contributed by atoms with E-state index in [4.69, 9.17) is 0 Å². The molecule has 11 heteroatoms. The van der Waals surface area contributed by atoms with Gasteiger partial charge in [-0.15, -0.1) is 10.2 Å². The van der Waals surface area contributed by atoms with Crippen LogP contribution in [0.25, 0.3) is 11.4 Å². The van der Waals surface area contributed by atoms with Crippen molar-refractivity contribution in [3.8, 4) is 11.4 Å². The summed E-state index contributed by atoms with van der Waals surface area (Å²) >= 11 is 0. The van der Waals surface area contributed by atoms with Gasteiger partial charge in [-0.3, -0.25) is 9.48 Å². The van der Waals surface area contributed by atoms with Crippen LogP contribution in [0.4, 0.5) is 23.4 Å². The van der Waals surface area contributed by atoms with Crippen molar-refractivity contribution >= 4 is 11.7 Å². The second kappa shape index (κ2) is 9.03. The van der Waals surface area contributed by atoms with E-state index >= 15 is 0 Å². The van der Waals surface area contributed by atoms with Crippen LogP contribution in [0.15, 0.2) is 30.5 Å². The van der Waals surface area contributed by atoms with Gasteiger partial charge < -0.3 is 10.2 Å². The summed E-state index contributed by atoms with van der Waals surface area (Å²) in [6, 6.07) is 3.99. The molecular weight excluding hydrogens is 452 g/mol. The van der Waals surface area contributed by atoms with Gasteiger partial charge in [-0.2, -0.15) is 18.3 Å². The normalized spacial score (nSPS) is 15.0. The minimum atomic E-state index is -4.83. The highest BCUT2D eigenvalue weighted by Crippen LogP contribution is 2.33. The number of carbonyl (C=O) groups excluding carboxylic acids is 1. The lowest BCUT2D eigenvalue weighted by Crippen LogP contribution is -2.45. The quantitative estimate of drug-likeness (QED) is 0.575. The maximum absolute atomic E-state index is 14.1. The molecule has 1 amide bonds. The van der Waals surface area contributed by atoms with Gasteiger partial charge in [0.2, 0.25) is 0 Å². The van der Waals surface area contributed by atoms with Crippen molar-refractivity contribution in [1.82, 2.24) is 25.3 Å². The molecule has 1 saturated heterocycles. The van der Waals surface area contributed by atoms with Crippen molar-refractivity contribution in [2.24, 2.45) is 7.05 Å². The average Bonchev–Trinajstić information content (AvgIpc) is 3.21. The summed E-state index contributed by atoms with van der Waals surface area (Å²) in [5, 5.41) is 15.6. The first-order chi connectivity index (χ1) is 16.1. The van der Waals surface area contributed by atoms with Crippen molar-refractivity contribution in [2.75, 3.05) is 18.0 Å². The van der Waals surface area contributed by atoms with E-state index in [9.17, 15) is 22.4 Å². The van der Waals surface area contributed by atoms with Crippen LogP contribution in [0.1, 0.15) is 39.9 Å². The number of amides is 1. The largest absolute Gasteiger partial charge is 0.417 e. The lowest BCUT2D eigenvalue weighted by Gasteiger charge is -2.34. The van der Waals surface area contributed by atoms with Gasteiger partial charge in [0.1, 0.15) is 11.5 Å². The Labute approximate surface area is 193 Å². The van der Waals surface area contributed by atoms with Crippen LogP contribution in [0.3, 0.4) is 0 Å². The van der Waals surface area contributed by atoms with Gasteiger partial charge in [-0.05, 0) is 56.0 Å². The van der Waals surface area contributed by atoms with Gasteiger partial charge in [-0.1, -0.05) is 6.07 Å². The Morgan fingerprint density at radius 1 is 1.09 bits per heavy atom. The zero-order valence-electron chi connectivity index (χ0n) is 18.9. The second-order valence-electron chi connectivity index (χ2n) is 8.36. The number of piperidine rings is 1. The number of rotatable bonds is 4. The maximum atomic E-state index is 14.1. The van der Waals surface area contributed by atoms with E-state index in [1.807, 2.05) is 31.9 Å². The molecule has 3 heterocycles. The molecule has 0 spiro atoms. The summed E-state index contributed by atoms with van der Waals surface area (Å²) in [5.74, 6) is -1.53. The molecule has 180 valence electrons. The van der Waals surface area contributed by atoms with E-state index < -0.39 is 29.0 Å². The first-order valence-corrected chi connectivity index (χ1v) is 10.8. The Hall–Kier alpha value is -3.50. The molecule has 1 aliphatic heterocycles. The summed E-state index contributed by atoms with van der Waals surface area (Å²) in [4.78, 5) is 14.6. The number of nitrogens with one attached hydrogen (secondary N) is 1. The van der Waals surface area contributed by atoms with E-state index in [-0.39, 0.29) is 6.04 Å². The second-order valence-corrected chi connectivity index (χ2v) is 8.36. The summed E-state index contributed by atoms with van der Waals surface area (Å²) < 4.78 is 55.6. The van der Waals surface area contributed by atoms with Crippen molar-refractivity contribution in [3.05, 3.63) is 58.5 Å². The predicted molar refractivity (Wildman–Crippen MR) is 118 cm³/mol. The van der Waals surface area contributed by atoms with E-state index in [2.05, 4.69) is 20.6 Å². The molecular formula is C23H24F4N6O. The summed E-state index contributed by atoms with van der Waals surface area (Å²) in [5.41, 5.74) is 1.29. The van der Waals surface area contributed by atoms with Crippen molar-refractivity contribution in [3.63, 3.8) is 0 Å². The molecule has 0 bridgehead atoms. The van der Waals surface area contributed by atoms with Gasteiger partial charge >= 0.3 is 6.18 Å². The molecule has 34 heavy (non-hydrogen) atoms. The van der Waals surface area contributed by atoms with E-state index in [0.717, 1.165) is 40.5 Å². The van der Waals surface area contributed by atoms with Crippen molar-refractivity contribution < 1.29 is 22.4 Å². The highest BCUT2D eigenvalue weighted by molar-refractivity contribution is 5.96. The van der Waals surface area contributed by atoms with Crippen LogP contribution in [-0.4, -0.2) is 45.0 Å². The average molecular weight is 476 g/mol. The number of anilines is 1. The minimum Gasteiger partial charge on any atom is -0.355 e. The van der Waals surface area contributed by atoms with Crippen LogP contribution in [0.5, 0.6) is 0 Å². The topological polar surface area (TPSA) is 75.9 Å². The number of aromatic nitrogens is 4. The maximum Gasteiger partial charge on any atom is 0.417 e. The SMILES string of the molecule is Cc1c(-c2ccnn2C)nnc(N2CCC(NC(=O)c3c(F)cccc3C(F)(F)F)CC2)c1C. The van der Waals surface area contributed by atoms with Crippen LogP contribution in [0, 0.1) is 19.7 Å². The molecule has 7 nitrogen and oxygen atoms in total. The highest BCUT2D eigenvalue weighted by Gasteiger charge is 2.37. The molecule has 1 N–H and O–H groups in total. The number of alkyl halides is 3. The van der Waals surface area contributed by atoms with Gasteiger partial charge in [0, 0.05) is 32.4 Å². The monoisotopic (exact) mass is 476 g/mol. The zero-order valence-corrected chi connectivity index (χ0v) is 18.9. The van der Waals surface area contributed by atoms with E-state index in [1.165, 1.54) is 0 Å². The fourth-order valence-corrected chi connectivity index (χ4v) is 4.23. The van der Waals surface area contributed by atoms with Crippen molar-refractivity contribution in [1.29, 1.82) is 0 Å². The van der Waals surface area contributed by atoms with Crippen LogP contribution in [-0.2, 0) is 13.2 Å². The van der Waals surface area contributed by atoms with Crippen molar-refractivity contribution in [2.45, 2.75) is 38.9 Å². The number of aryl methyl sites for hydroxylation is 1. The molecule has 0 aliphatic carbocycles. The number of hydrogen-bond donors (Lipinski definition) is 1. The lowest BCUT2D eigenvalue weighted by atomic mass is 10.0. The Bertz CT molecular complexity index is 1210. The number of halogens is 4. The molecule has 3 aromatic rings. The predicted octanol–water partition coefficient (Wildman–Crippen LogP) is 4.05. The summed E-state index contributed by atoms with van der Waals surface area (Å²) in [7, 11) is 1.83. The Kier molecular flexibility index (Phi) is 6.28. The lowest BCUT2D eigenvalue weighted by molar-refractivity contribution is -0.138. The summed E-state index contributed by atoms with van der Waals surface area (Å²) in [6.45, 7) is 4.97. The Morgan fingerprint density at radius 3 is 2.41 bits per heavy atom. The molecule has 2 aromatic heterocycles. The standard InChI is InChI=1S/C23H24F4N6O/c1-13-14(2)21(31-30-20(13)18-7-10-28-32(18)3)33-11-8-15(9-12-33)29-22(34)19-16(23(25,26)27)5-4-6-17(19)24/h4-7,10,15H,8-9,11-12H2,1-3H3,(H,29,34).